The van der Waals surface area contributed by atoms with Crippen LogP contribution in [0.5, 0.6) is 0 Å². The van der Waals surface area contributed by atoms with E-state index in [1.807, 2.05) is 67.3 Å². The van der Waals surface area contributed by atoms with Gasteiger partial charge in [0.15, 0.2) is 0 Å². The number of benzene rings is 2. The first-order valence-electron chi connectivity index (χ1n) is 13.3. The SMILES string of the molecule is CC[C@@H](C(=O)N1CCN(c2ccc(NC(=O)C3CC3)cc2C(=O)N(CC)CC)CC1)c1ccccc1. The smallest absolute Gasteiger partial charge is 0.256 e. The Labute approximate surface area is 214 Å². The molecule has 1 aliphatic carbocycles. The van der Waals surface area contributed by atoms with Crippen LogP contribution < -0.4 is 10.2 Å². The van der Waals surface area contributed by atoms with Crippen molar-refractivity contribution >= 4 is 29.1 Å². The number of hydrogen-bond acceptors (Lipinski definition) is 4. The van der Waals surface area contributed by atoms with E-state index in [2.05, 4.69) is 17.1 Å². The molecule has 2 aromatic rings. The summed E-state index contributed by atoms with van der Waals surface area (Å²) in [6.45, 7) is 9.78. The van der Waals surface area contributed by atoms with Crippen LogP contribution in [0, 0.1) is 5.92 Å². The highest BCUT2D eigenvalue weighted by Gasteiger charge is 2.31. The lowest BCUT2D eigenvalue weighted by Crippen LogP contribution is -2.50. The van der Waals surface area contributed by atoms with E-state index >= 15 is 0 Å². The molecule has 3 amide bonds. The van der Waals surface area contributed by atoms with Crippen molar-refractivity contribution in [2.45, 2.75) is 46.0 Å². The molecule has 1 N–H and O–H groups in total. The third kappa shape index (κ3) is 5.72. The van der Waals surface area contributed by atoms with Crippen LogP contribution in [0.15, 0.2) is 48.5 Å². The Hall–Kier alpha value is -3.35. The maximum atomic E-state index is 13.4. The Bertz CT molecular complexity index is 1070. The number of nitrogens with zero attached hydrogens (tertiary/aromatic N) is 3. The highest BCUT2D eigenvalue weighted by molar-refractivity contribution is 6.02. The lowest BCUT2D eigenvalue weighted by Gasteiger charge is -2.38. The second kappa shape index (κ2) is 11.6. The maximum absolute atomic E-state index is 13.4. The highest BCUT2D eigenvalue weighted by Crippen LogP contribution is 2.32. The zero-order valence-electron chi connectivity index (χ0n) is 21.7. The fourth-order valence-corrected chi connectivity index (χ4v) is 4.96. The van der Waals surface area contributed by atoms with Gasteiger partial charge in [0, 0.05) is 56.6 Å². The minimum atomic E-state index is -0.132. The molecule has 1 aliphatic heterocycles. The Morgan fingerprint density at radius 2 is 1.61 bits per heavy atom. The largest absolute Gasteiger partial charge is 0.367 e. The summed E-state index contributed by atoms with van der Waals surface area (Å²) >= 11 is 0. The summed E-state index contributed by atoms with van der Waals surface area (Å²) in [5.41, 5.74) is 3.18. The standard InChI is InChI=1S/C29H38N4O3/c1-4-24(21-10-8-7-9-11-21)28(35)33-18-16-32(17-19-33)26-15-14-23(30-27(34)22-12-13-22)20-25(26)29(36)31(5-2)6-3/h7-11,14-15,20,22,24H,4-6,12-13,16-19H2,1-3H3,(H,30,34)/t24-/m1/s1. The van der Waals surface area contributed by atoms with E-state index in [4.69, 9.17) is 0 Å². The minimum Gasteiger partial charge on any atom is -0.367 e. The number of rotatable bonds is 9. The number of hydrogen-bond donors (Lipinski definition) is 1. The van der Waals surface area contributed by atoms with Crippen molar-refractivity contribution in [2.75, 3.05) is 49.5 Å². The van der Waals surface area contributed by atoms with Crippen LogP contribution >= 0.6 is 0 Å². The van der Waals surface area contributed by atoms with Crippen LogP contribution in [0.3, 0.4) is 0 Å². The van der Waals surface area contributed by atoms with Gasteiger partial charge in [0.1, 0.15) is 0 Å². The molecule has 2 aromatic carbocycles. The summed E-state index contributed by atoms with van der Waals surface area (Å²) in [6.07, 6.45) is 2.63. The average molecular weight is 491 g/mol. The van der Waals surface area contributed by atoms with E-state index in [1.165, 1.54) is 0 Å². The van der Waals surface area contributed by atoms with Crippen LogP contribution in [-0.2, 0) is 9.59 Å². The molecule has 2 fully saturated rings. The number of carbonyl (C=O) groups excluding carboxylic acids is 3. The van der Waals surface area contributed by atoms with Crippen LogP contribution in [0.2, 0.25) is 0 Å². The molecule has 0 bridgehead atoms. The summed E-state index contributed by atoms with van der Waals surface area (Å²) in [5.74, 6) is 0.124. The van der Waals surface area contributed by atoms with Crippen molar-refractivity contribution in [3.63, 3.8) is 0 Å². The van der Waals surface area contributed by atoms with E-state index in [9.17, 15) is 14.4 Å². The van der Waals surface area contributed by atoms with Crippen molar-refractivity contribution in [1.82, 2.24) is 9.80 Å². The van der Waals surface area contributed by atoms with Gasteiger partial charge in [-0.1, -0.05) is 37.3 Å². The fourth-order valence-electron chi connectivity index (χ4n) is 4.96. The zero-order chi connectivity index (χ0) is 25.7. The molecule has 4 rings (SSSR count). The van der Waals surface area contributed by atoms with E-state index in [-0.39, 0.29) is 29.6 Å². The first-order valence-corrected chi connectivity index (χ1v) is 13.3. The van der Waals surface area contributed by atoms with Gasteiger partial charge in [-0.2, -0.15) is 0 Å². The van der Waals surface area contributed by atoms with Crippen LogP contribution in [0.1, 0.15) is 61.9 Å². The van der Waals surface area contributed by atoms with Gasteiger partial charge in [-0.05, 0) is 56.9 Å². The normalized spacial score (nSPS) is 16.4. The van der Waals surface area contributed by atoms with Gasteiger partial charge in [-0.3, -0.25) is 14.4 Å². The molecule has 1 heterocycles. The second-order valence-electron chi connectivity index (χ2n) is 9.66. The molecular formula is C29H38N4O3. The topological polar surface area (TPSA) is 73.0 Å². The number of anilines is 2. The lowest BCUT2D eigenvalue weighted by molar-refractivity contribution is -0.133. The molecule has 0 aromatic heterocycles. The van der Waals surface area contributed by atoms with Crippen LogP contribution in [0.25, 0.3) is 0 Å². The third-order valence-corrected chi connectivity index (χ3v) is 7.33. The van der Waals surface area contributed by atoms with E-state index in [0.717, 1.165) is 30.5 Å². The van der Waals surface area contributed by atoms with Gasteiger partial charge in [0.05, 0.1) is 11.5 Å². The number of nitrogens with one attached hydrogen (secondary N) is 1. The number of piperazine rings is 1. The van der Waals surface area contributed by atoms with Crippen LogP contribution in [0.4, 0.5) is 11.4 Å². The predicted octanol–water partition coefficient (Wildman–Crippen LogP) is 4.36. The summed E-state index contributed by atoms with van der Waals surface area (Å²) in [4.78, 5) is 45.0. The minimum absolute atomic E-state index is 0.0278. The third-order valence-electron chi connectivity index (χ3n) is 7.33. The van der Waals surface area contributed by atoms with Crippen molar-refractivity contribution in [1.29, 1.82) is 0 Å². The Kier molecular flexibility index (Phi) is 8.28. The van der Waals surface area contributed by atoms with Gasteiger partial charge < -0.3 is 20.0 Å². The molecule has 1 saturated carbocycles. The number of amides is 3. The summed E-state index contributed by atoms with van der Waals surface area (Å²) in [7, 11) is 0. The first-order chi connectivity index (χ1) is 17.5. The molecule has 7 nitrogen and oxygen atoms in total. The van der Waals surface area contributed by atoms with E-state index in [1.54, 1.807) is 4.90 Å². The molecule has 1 saturated heterocycles. The predicted molar refractivity (Wildman–Crippen MR) is 143 cm³/mol. The zero-order valence-corrected chi connectivity index (χ0v) is 21.7. The van der Waals surface area contributed by atoms with Gasteiger partial charge in [-0.25, -0.2) is 0 Å². The van der Waals surface area contributed by atoms with Crippen molar-refractivity contribution in [3.8, 4) is 0 Å². The Balaban J connectivity index is 1.50. The summed E-state index contributed by atoms with van der Waals surface area (Å²) in [6, 6.07) is 15.6. The summed E-state index contributed by atoms with van der Waals surface area (Å²) in [5, 5.41) is 2.98. The van der Waals surface area contributed by atoms with Gasteiger partial charge >= 0.3 is 0 Å². The Morgan fingerprint density at radius 1 is 0.944 bits per heavy atom. The average Bonchev–Trinajstić information content (AvgIpc) is 3.76. The lowest BCUT2D eigenvalue weighted by atomic mass is 9.94. The maximum Gasteiger partial charge on any atom is 0.256 e. The second-order valence-corrected chi connectivity index (χ2v) is 9.66. The van der Waals surface area contributed by atoms with Gasteiger partial charge in [-0.15, -0.1) is 0 Å². The summed E-state index contributed by atoms with van der Waals surface area (Å²) < 4.78 is 0. The number of carbonyl (C=O) groups is 3. The van der Waals surface area contributed by atoms with Gasteiger partial charge in [0.25, 0.3) is 5.91 Å². The fraction of sp³-hybridized carbons (Fsp3) is 0.483. The van der Waals surface area contributed by atoms with E-state index < -0.39 is 0 Å². The first kappa shape index (κ1) is 25.7. The quantitative estimate of drug-likeness (QED) is 0.567. The van der Waals surface area contributed by atoms with Crippen molar-refractivity contribution < 1.29 is 14.4 Å². The molecule has 0 spiro atoms. The molecule has 0 unspecified atom stereocenters. The molecule has 192 valence electrons. The molecule has 36 heavy (non-hydrogen) atoms. The molecule has 2 aliphatic rings. The van der Waals surface area contributed by atoms with Crippen molar-refractivity contribution in [3.05, 3.63) is 59.7 Å². The molecule has 7 heteroatoms. The highest BCUT2D eigenvalue weighted by atomic mass is 16.2. The van der Waals surface area contributed by atoms with E-state index in [0.29, 0.717) is 50.5 Å². The van der Waals surface area contributed by atoms with Gasteiger partial charge in [0.2, 0.25) is 11.8 Å². The molecule has 1 atom stereocenters. The monoisotopic (exact) mass is 490 g/mol. The molecular weight excluding hydrogens is 452 g/mol. The Morgan fingerprint density at radius 3 is 2.19 bits per heavy atom. The molecule has 0 radical (unpaired) electrons. The van der Waals surface area contributed by atoms with Crippen molar-refractivity contribution in [2.24, 2.45) is 5.92 Å². The van der Waals surface area contributed by atoms with Crippen LogP contribution in [-0.4, -0.2) is 66.8 Å².